The van der Waals surface area contributed by atoms with Crippen molar-refractivity contribution < 1.29 is 4.79 Å². The molecule has 0 aliphatic heterocycles. The van der Waals surface area contributed by atoms with Crippen molar-refractivity contribution in [3.63, 3.8) is 0 Å². The van der Waals surface area contributed by atoms with Gasteiger partial charge in [0.1, 0.15) is 5.82 Å². The Balaban J connectivity index is 1.42. The Morgan fingerprint density at radius 2 is 1.76 bits per heavy atom. The Hall–Kier alpha value is -4.61. The summed E-state index contributed by atoms with van der Waals surface area (Å²) in [6.45, 7) is 3.24. The van der Waals surface area contributed by atoms with E-state index in [1.165, 1.54) is 17.0 Å². The maximum Gasteiger partial charge on any atom is 0.253 e. The van der Waals surface area contributed by atoms with E-state index < -0.39 is 5.92 Å². The number of rotatable bonds is 9. The monoisotopic (exact) mass is 492 g/mol. The minimum Gasteiger partial charge on any atom is -0.315 e. The largest absolute Gasteiger partial charge is 0.315 e. The summed E-state index contributed by atoms with van der Waals surface area (Å²) in [7, 11) is 1.64. The van der Waals surface area contributed by atoms with Crippen LogP contribution in [0.4, 0.5) is 5.82 Å². The van der Waals surface area contributed by atoms with Crippen LogP contribution in [0.3, 0.4) is 0 Å². The highest BCUT2D eigenvalue weighted by molar-refractivity contribution is 5.95. The number of pyridine rings is 1. The molecule has 2 N–H and O–H groups in total. The quantitative estimate of drug-likeness (QED) is 0.367. The third-order valence-corrected chi connectivity index (χ3v) is 6.21. The summed E-state index contributed by atoms with van der Waals surface area (Å²) >= 11 is 0. The predicted octanol–water partition coefficient (Wildman–Crippen LogP) is 3.83. The number of aryl methyl sites for hydroxylation is 1. The van der Waals surface area contributed by atoms with Crippen LogP contribution in [0.25, 0.3) is 11.3 Å². The molecule has 186 valence electrons. The summed E-state index contributed by atoms with van der Waals surface area (Å²) in [6.07, 6.45) is 3.06. The second-order valence-electron chi connectivity index (χ2n) is 8.90. The summed E-state index contributed by atoms with van der Waals surface area (Å²) in [5.41, 5.74) is 3.72. The van der Waals surface area contributed by atoms with E-state index in [4.69, 9.17) is 5.26 Å². The first-order valence-corrected chi connectivity index (χ1v) is 12.0. The van der Waals surface area contributed by atoms with Gasteiger partial charge in [0.2, 0.25) is 5.91 Å². The van der Waals surface area contributed by atoms with E-state index >= 15 is 0 Å². The first-order valence-electron chi connectivity index (χ1n) is 12.0. The average Bonchev–Trinajstić information content (AvgIpc) is 2.93. The maximum atomic E-state index is 13.3. The Kier molecular flexibility index (Phi) is 8.18. The SMILES string of the molecule is C[C@H](CNCC(C(=O)Nc1ccc(-c2cc(=O)n(C)cn2)cn1)c1ccccc1)c1ccc(C#N)cc1. The Morgan fingerprint density at radius 1 is 1.00 bits per heavy atom. The minimum absolute atomic E-state index is 0.158. The van der Waals surface area contributed by atoms with Crippen molar-refractivity contribution >= 4 is 11.7 Å². The number of carbonyl (C=O) groups is 1. The predicted molar refractivity (Wildman–Crippen MR) is 143 cm³/mol. The van der Waals surface area contributed by atoms with E-state index in [0.29, 0.717) is 35.7 Å². The number of benzene rings is 2. The molecule has 2 aromatic heterocycles. The fourth-order valence-electron chi connectivity index (χ4n) is 3.95. The van der Waals surface area contributed by atoms with Gasteiger partial charge in [0.05, 0.1) is 29.6 Å². The molecule has 1 amide bonds. The van der Waals surface area contributed by atoms with Gasteiger partial charge in [-0.05, 0) is 41.3 Å². The van der Waals surface area contributed by atoms with Crippen LogP contribution in [0.1, 0.15) is 35.4 Å². The van der Waals surface area contributed by atoms with Gasteiger partial charge in [-0.1, -0.05) is 49.4 Å². The highest BCUT2D eigenvalue weighted by Gasteiger charge is 2.21. The van der Waals surface area contributed by atoms with Crippen molar-refractivity contribution in [2.75, 3.05) is 18.4 Å². The van der Waals surface area contributed by atoms with Crippen molar-refractivity contribution in [1.82, 2.24) is 19.9 Å². The lowest BCUT2D eigenvalue weighted by molar-refractivity contribution is -0.117. The third kappa shape index (κ3) is 6.54. The standard InChI is InChI=1S/C29H28N6O2/c1-20(22-10-8-21(15-30)9-11-22)16-31-18-25(23-6-4-3-5-7-23)29(37)34-27-13-12-24(17-32-27)26-14-28(36)35(2)19-33-26/h3-14,17,19-20,25,31H,16,18H2,1-2H3,(H,32,34,37)/t20-,25?/m1/s1. The molecule has 0 spiro atoms. The molecule has 2 aromatic carbocycles. The molecular formula is C29H28N6O2. The van der Waals surface area contributed by atoms with Crippen LogP contribution in [0.2, 0.25) is 0 Å². The molecule has 0 aliphatic rings. The second-order valence-corrected chi connectivity index (χ2v) is 8.90. The molecule has 0 radical (unpaired) electrons. The number of nitrogens with zero attached hydrogens (tertiary/aromatic N) is 4. The van der Waals surface area contributed by atoms with Crippen LogP contribution < -0.4 is 16.2 Å². The molecule has 4 aromatic rings. The molecule has 0 saturated carbocycles. The lowest BCUT2D eigenvalue weighted by Crippen LogP contribution is -2.32. The van der Waals surface area contributed by atoms with Crippen LogP contribution >= 0.6 is 0 Å². The fraction of sp³-hybridized carbons (Fsp3) is 0.207. The van der Waals surface area contributed by atoms with E-state index in [9.17, 15) is 9.59 Å². The lowest BCUT2D eigenvalue weighted by atomic mass is 9.96. The minimum atomic E-state index is -0.422. The smallest absolute Gasteiger partial charge is 0.253 e. The lowest BCUT2D eigenvalue weighted by Gasteiger charge is -2.20. The number of hydrogen-bond acceptors (Lipinski definition) is 6. The molecule has 8 nitrogen and oxygen atoms in total. The zero-order valence-electron chi connectivity index (χ0n) is 20.8. The van der Waals surface area contributed by atoms with E-state index in [2.05, 4.69) is 33.6 Å². The first-order chi connectivity index (χ1) is 17.9. The zero-order chi connectivity index (χ0) is 26.2. The van der Waals surface area contributed by atoms with Gasteiger partial charge in [0, 0.05) is 38.0 Å². The van der Waals surface area contributed by atoms with Crippen LogP contribution in [0.15, 0.2) is 90.1 Å². The topological polar surface area (TPSA) is 113 Å². The van der Waals surface area contributed by atoms with Gasteiger partial charge in [-0.15, -0.1) is 0 Å². The number of nitrogens with one attached hydrogen (secondary N) is 2. The third-order valence-electron chi connectivity index (χ3n) is 6.21. The van der Waals surface area contributed by atoms with E-state index in [-0.39, 0.29) is 17.4 Å². The number of carbonyl (C=O) groups excluding carboxylic acids is 1. The number of nitriles is 1. The summed E-state index contributed by atoms with van der Waals surface area (Å²) in [5, 5.41) is 15.3. The molecule has 4 rings (SSSR count). The molecule has 2 atom stereocenters. The second kappa shape index (κ2) is 11.9. The van der Waals surface area contributed by atoms with Crippen molar-refractivity contribution in [2.24, 2.45) is 7.05 Å². The Morgan fingerprint density at radius 3 is 2.41 bits per heavy atom. The zero-order valence-corrected chi connectivity index (χ0v) is 20.8. The van der Waals surface area contributed by atoms with Crippen LogP contribution in [0, 0.1) is 11.3 Å². The van der Waals surface area contributed by atoms with Crippen LogP contribution in [-0.4, -0.2) is 33.5 Å². The van der Waals surface area contributed by atoms with Crippen LogP contribution in [0.5, 0.6) is 0 Å². The molecule has 0 bridgehead atoms. The van der Waals surface area contributed by atoms with Crippen LogP contribution in [-0.2, 0) is 11.8 Å². The van der Waals surface area contributed by atoms with Crippen molar-refractivity contribution in [3.05, 3.63) is 112 Å². The molecule has 0 fully saturated rings. The number of anilines is 1. The van der Waals surface area contributed by atoms with E-state index in [0.717, 1.165) is 11.1 Å². The average molecular weight is 493 g/mol. The molecule has 8 heteroatoms. The van der Waals surface area contributed by atoms with Gasteiger partial charge in [-0.2, -0.15) is 5.26 Å². The Labute approximate surface area is 215 Å². The summed E-state index contributed by atoms with van der Waals surface area (Å²) in [6, 6.07) is 24.3. The van der Waals surface area contributed by atoms with E-state index in [1.54, 1.807) is 25.4 Å². The first kappa shape index (κ1) is 25.5. The maximum absolute atomic E-state index is 13.3. The Bertz CT molecular complexity index is 1440. The van der Waals surface area contributed by atoms with Gasteiger partial charge in [0.15, 0.2) is 0 Å². The fourth-order valence-corrected chi connectivity index (χ4v) is 3.95. The normalized spacial score (nSPS) is 12.4. The number of aromatic nitrogens is 3. The highest BCUT2D eigenvalue weighted by Crippen LogP contribution is 2.20. The number of amides is 1. The van der Waals surface area contributed by atoms with Crippen molar-refractivity contribution in [2.45, 2.75) is 18.8 Å². The van der Waals surface area contributed by atoms with Gasteiger partial charge < -0.3 is 15.2 Å². The van der Waals surface area contributed by atoms with Gasteiger partial charge in [0.25, 0.3) is 5.56 Å². The molecule has 0 saturated heterocycles. The summed E-state index contributed by atoms with van der Waals surface area (Å²) in [4.78, 5) is 33.8. The van der Waals surface area contributed by atoms with Gasteiger partial charge in [-0.3, -0.25) is 9.59 Å². The molecule has 37 heavy (non-hydrogen) atoms. The number of hydrogen-bond donors (Lipinski definition) is 2. The van der Waals surface area contributed by atoms with Gasteiger partial charge in [-0.25, -0.2) is 9.97 Å². The molecule has 2 heterocycles. The summed E-state index contributed by atoms with van der Waals surface area (Å²) < 4.78 is 1.40. The van der Waals surface area contributed by atoms with Crippen molar-refractivity contribution in [1.29, 1.82) is 5.26 Å². The van der Waals surface area contributed by atoms with Gasteiger partial charge >= 0.3 is 0 Å². The van der Waals surface area contributed by atoms with E-state index in [1.807, 2.05) is 54.6 Å². The molecule has 1 unspecified atom stereocenters. The highest BCUT2D eigenvalue weighted by atomic mass is 16.2. The molecular weight excluding hydrogens is 464 g/mol. The van der Waals surface area contributed by atoms with Crippen molar-refractivity contribution in [3.8, 4) is 17.3 Å². The summed E-state index contributed by atoms with van der Waals surface area (Å²) in [5.74, 6) is 0.0423. The molecule has 0 aliphatic carbocycles.